The van der Waals surface area contributed by atoms with Crippen LogP contribution >= 0.6 is 0 Å². The molecule has 4 heteroatoms. The molecule has 1 heterocycles. The quantitative estimate of drug-likeness (QED) is 0.343. The Hall–Kier alpha value is -3.37. The molecule has 1 unspecified atom stereocenters. The summed E-state index contributed by atoms with van der Waals surface area (Å²) in [5.74, 6) is 0.805. The molecule has 3 aromatic rings. The highest BCUT2D eigenvalue weighted by atomic mass is 16.5. The van der Waals surface area contributed by atoms with Crippen molar-refractivity contribution >= 4 is 5.91 Å². The highest BCUT2D eigenvalue weighted by molar-refractivity contribution is 5.78. The Labute approximate surface area is 215 Å². The van der Waals surface area contributed by atoms with Crippen LogP contribution in [0.5, 0.6) is 5.75 Å². The number of nitrogens with zero attached hydrogens (tertiary/aromatic N) is 2. The Morgan fingerprint density at radius 3 is 2.44 bits per heavy atom. The van der Waals surface area contributed by atoms with Gasteiger partial charge in [-0.25, -0.2) is 0 Å². The second kappa shape index (κ2) is 11.6. The van der Waals surface area contributed by atoms with E-state index < -0.39 is 0 Å². The van der Waals surface area contributed by atoms with Gasteiger partial charge in [-0.15, -0.1) is 6.58 Å². The molecule has 0 aromatic heterocycles. The third-order valence-electron chi connectivity index (χ3n) is 7.56. The molecule has 1 aliphatic carbocycles. The molecule has 2 aliphatic rings. The van der Waals surface area contributed by atoms with Gasteiger partial charge < -0.3 is 9.64 Å². The number of carbonyl (C=O) groups is 1. The molecule has 3 aromatic carbocycles. The molecule has 1 saturated carbocycles. The van der Waals surface area contributed by atoms with E-state index in [2.05, 4.69) is 84.3 Å². The van der Waals surface area contributed by atoms with E-state index in [1.165, 1.54) is 35.1 Å². The lowest BCUT2D eigenvalue weighted by Gasteiger charge is -2.38. The SMILES string of the molecule is C=CCN(C(=O)COc1ccc2c(c1)C(c1ccccc1)N(Cc1ccccc1)CC2)C1CCCC1. The molecule has 0 spiro atoms. The average molecular weight is 481 g/mol. The van der Waals surface area contributed by atoms with Crippen molar-refractivity contribution < 1.29 is 9.53 Å². The van der Waals surface area contributed by atoms with E-state index in [0.717, 1.165) is 38.1 Å². The minimum Gasteiger partial charge on any atom is -0.484 e. The Bertz CT molecular complexity index is 1160. The number of amides is 1. The fourth-order valence-electron chi connectivity index (χ4n) is 5.79. The third-order valence-corrected chi connectivity index (χ3v) is 7.56. The second-order valence-electron chi connectivity index (χ2n) is 9.94. The number of rotatable bonds is 9. The predicted molar refractivity (Wildman–Crippen MR) is 145 cm³/mol. The number of fused-ring (bicyclic) bond motifs is 1. The number of hydrogen-bond acceptors (Lipinski definition) is 3. The van der Waals surface area contributed by atoms with Crippen LogP contribution in [0.15, 0.2) is 91.5 Å². The van der Waals surface area contributed by atoms with Crippen molar-refractivity contribution in [1.82, 2.24) is 9.80 Å². The highest BCUT2D eigenvalue weighted by Crippen LogP contribution is 2.38. The summed E-state index contributed by atoms with van der Waals surface area (Å²) in [6.45, 7) is 6.39. The van der Waals surface area contributed by atoms with Gasteiger partial charge in [-0.2, -0.15) is 0 Å². The van der Waals surface area contributed by atoms with Crippen LogP contribution in [0.2, 0.25) is 0 Å². The van der Waals surface area contributed by atoms with Crippen molar-refractivity contribution in [1.29, 1.82) is 0 Å². The monoisotopic (exact) mass is 480 g/mol. The van der Waals surface area contributed by atoms with Crippen molar-refractivity contribution in [2.45, 2.75) is 50.7 Å². The van der Waals surface area contributed by atoms with E-state index in [0.29, 0.717) is 12.6 Å². The first-order valence-electron chi connectivity index (χ1n) is 13.2. The Balaban J connectivity index is 1.37. The standard InChI is InChI=1S/C32H36N2O2/c1-2-20-34(28-15-9-10-16-28)31(35)24-36-29-18-17-26-19-21-33(23-25-11-5-3-6-12-25)32(30(26)22-29)27-13-7-4-8-14-27/h2-8,11-14,17-18,22,28,32H,1,9-10,15-16,19-21,23-24H2. The van der Waals surface area contributed by atoms with Gasteiger partial charge in [0.25, 0.3) is 5.91 Å². The van der Waals surface area contributed by atoms with E-state index in [4.69, 9.17) is 4.74 Å². The molecule has 1 atom stereocenters. The Morgan fingerprint density at radius 1 is 1.00 bits per heavy atom. The van der Waals surface area contributed by atoms with Gasteiger partial charge in [0.15, 0.2) is 6.61 Å². The largest absolute Gasteiger partial charge is 0.484 e. The van der Waals surface area contributed by atoms with Crippen LogP contribution in [0, 0.1) is 0 Å². The lowest BCUT2D eigenvalue weighted by atomic mass is 9.87. The van der Waals surface area contributed by atoms with E-state index in [1.807, 2.05) is 17.0 Å². The van der Waals surface area contributed by atoms with Gasteiger partial charge in [-0.3, -0.25) is 9.69 Å². The molecule has 0 radical (unpaired) electrons. The Kier molecular flexibility index (Phi) is 7.82. The van der Waals surface area contributed by atoms with Gasteiger partial charge in [-0.05, 0) is 53.6 Å². The smallest absolute Gasteiger partial charge is 0.261 e. The summed E-state index contributed by atoms with van der Waals surface area (Å²) in [6, 6.07) is 28.2. The van der Waals surface area contributed by atoms with Gasteiger partial charge in [0, 0.05) is 25.7 Å². The van der Waals surface area contributed by atoms with Crippen molar-refractivity contribution in [2.24, 2.45) is 0 Å². The molecule has 0 bridgehead atoms. The van der Waals surface area contributed by atoms with E-state index >= 15 is 0 Å². The van der Waals surface area contributed by atoms with Crippen molar-refractivity contribution in [3.63, 3.8) is 0 Å². The summed E-state index contributed by atoms with van der Waals surface area (Å²) >= 11 is 0. The zero-order valence-corrected chi connectivity index (χ0v) is 21.0. The van der Waals surface area contributed by atoms with Crippen LogP contribution in [0.3, 0.4) is 0 Å². The van der Waals surface area contributed by atoms with Crippen LogP contribution in [0.25, 0.3) is 0 Å². The maximum atomic E-state index is 13.1. The molecular formula is C32H36N2O2. The second-order valence-corrected chi connectivity index (χ2v) is 9.94. The summed E-state index contributed by atoms with van der Waals surface area (Å²) in [6.07, 6.45) is 7.36. The normalized spacial score (nSPS) is 17.9. The van der Waals surface area contributed by atoms with Gasteiger partial charge in [-0.1, -0.05) is 85.6 Å². The number of carbonyl (C=O) groups excluding carboxylic acids is 1. The van der Waals surface area contributed by atoms with Gasteiger partial charge in [0.1, 0.15) is 5.75 Å². The average Bonchev–Trinajstić information content (AvgIpc) is 3.46. The van der Waals surface area contributed by atoms with Crippen LogP contribution < -0.4 is 4.74 Å². The molecule has 0 saturated heterocycles. The predicted octanol–water partition coefficient (Wildman–Crippen LogP) is 6.17. The summed E-state index contributed by atoms with van der Waals surface area (Å²) in [7, 11) is 0. The molecule has 1 aliphatic heterocycles. The first-order chi connectivity index (χ1) is 17.7. The van der Waals surface area contributed by atoms with Crippen molar-refractivity contribution in [3.8, 4) is 5.75 Å². The van der Waals surface area contributed by atoms with Gasteiger partial charge in [0.2, 0.25) is 0 Å². The van der Waals surface area contributed by atoms with E-state index in [9.17, 15) is 4.79 Å². The lowest BCUT2D eigenvalue weighted by molar-refractivity contribution is -0.135. The number of hydrogen-bond donors (Lipinski definition) is 0. The maximum Gasteiger partial charge on any atom is 0.261 e. The zero-order chi connectivity index (χ0) is 24.7. The van der Waals surface area contributed by atoms with E-state index in [-0.39, 0.29) is 18.6 Å². The zero-order valence-electron chi connectivity index (χ0n) is 21.0. The number of benzene rings is 3. The molecule has 4 nitrogen and oxygen atoms in total. The van der Waals surface area contributed by atoms with E-state index in [1.54, 1.807) is 0 Å². The summed E-state index contributed by atoms with van der Waals surface area (Å²) in [4.78, 5) is 17.6. The molecule has 36 heavy (non-hydrogen) atoms. The Morgan fingerprint density at radius 2 is 1.72 bits per heavy atom. The first-order valence-corrected chi connectivity index (χ1v) is 13.2. The summed E-state index contributed by atoms with van der Waals surface area (Å²) < 4.78 is 6.11. The first kappa shape index (κ1) is 24.3. The molecule has 1 amide bonds. The topological polar surface area (TPSA) is 32.8 Å². The molecule has 5 rings (SSSR count). The molecule has 0 N–H and O–H groups in total. The minimum atomic E-state index is 0.0461. The van der Waals surface area contributed by atoms with Crippen LogP contribution in [0.4, 0.5) is 0 Å². The third kappa shape index (κ3) is 5.55. The van der Waals surface area contributed by atoms with Crippen LogP contribution in [0.1, 0.15) is 54.0 Å². The van der Waals surface area contributed by atoms with Crippen molar-refractivity contribution in [2.75, 3.05) is 19.7 Å². The lowest BCUT2D eigenvalue weighted by Crippen LogP contribution is -2.41. The number of ether oxygens (including phenoxy) is 1. The fourth-order valence-corrected chi connectivity index (χ4v) is 5.79. The van der Waals surface area contributed by atoms with Gasteiger partial charge in [0.05, 0.1) is 6.04 Å². The molecule has 1 fully saturated rings. The van der Waals surface area contributed by atoms with Crippen LogP contribution in [-0.4, -0.2) is 41.4 Å². The molecule has 186 valence electrons. The van der Waals surface area contributed by atoms with Crippen molar-refractivity contribution in [3.05, 3.63) is 114 Å². The fraction of sp³-hybridized carbons (Fsp3) is 0.344. The summed E-state index contributed by atoms with van der Waals surface area (Å²) in [5, 5.41) is 0. The maximum absolute atomic E-state index is 13.1. The minimum absolute atomic E-state index is 0.0461. The summed E-state index contributed by atoms with van der Waals surface area (Å²) in [5.41, 5.74) is 5.22. The van der Waals surface area contributed by atoms with Gasteiger partial charge >= 0.3 is 0 Å². The highest BCUT2D eigenvalue weighted by Gasteiger charge is 2.30. The molecular weight excluding hydrogens is 444 g/mol. The van der Waals surface area contributed by atoms with Crippen LogP contribution in [-0.2, 0) is 17.8 Å².